The minimum absolute atomic E-state index is 0. The molecule has 0 amide bonds. The van der Waals surface area contributed by atoms with Gasteiger partial charge in [-0.25, -0.2) is 9.59 Å². The van der Waals surface area contributed by atoms with Gasteiger partial charge in [-0.15, -0.1) is 0 Å². The van der Waals surface area contributed by atoms with Crippen molar-refractivity contribution in [2.75, 3.05) is 0 Å². The molecule has 0 aromatic heterocycles. The fourth-order valence-corrected chi connectivity index (χ4v) is 3.48. The average molecular weight is 401 g/mol. The average Bonchev–Trinajstić information content (AvgIpc) is 2.49. The molecular formula is C15H22NaO9S. The molecule has 11 heteroatoms. The number of carbonyl (C=O) groups is 3. The summed E-state index contributed by atoms with van der Waals surface area (Å²) in [5.74, 6) is -3.42. The molecule has 0 fully saturated rings. The van der Waals surface area contributed by atoms with Crippen LogP contribution in [-0.2, 0) is 34.0 Å². The Morgan fingerprint density at radius 1 is 1.08 bits per heavy atom. The van der Waals surface area contributed by atoms with Gasteiger partial charge in [0.25, 0.3) is 10.1 Å². The van der Waals surface area contributed by atoms with E-state index in [1.165, 1.54) is 13.8 Å². The molecule has 2 N–H and O–H groups in total. The van der Waals surface area contributed by atoms with Crippen molar-refractivity contribution in [3.8, 4) is 0 Å². The Kier molecular flexibility index (Phi) is 11.3. The summed E-state index contributed by atoms with van der Waals surface area (Å²) in [6, 6.07) is 0. The monoisotopic (exact) mass is 401 g/mol. The zero-order chi connectivity index (χ0) is 20.0. The van der Waals surface area contributed by atoms with Crippen LogP contribution < -0.4 is 0 Å². The van der Waals surface area contributed by atoms with Gasteiger partial charge in [0.15, 0.2) is 0 Å². The second-order valence-corrected chi connectivity index (χ2v) is 6.85. The summed E-state index contributed by atoms with van der Waals surface area (Å²) < 4.78 is 42.7. The van der Waals surface area contributed by atoms with Gasteiger partial charge in [-0.05, 0) is 20.8 Å². The zero-order valence-corrected chi connectivity index (χ0v) is 14.7. The summed E-state index contributed by atoms with van der Waals surface area (Å²) in [5, 5.41) is 7.23. The van der Waals surface area contributed by atoms with Crippen LogP contribution in [-0.4, -0.2) is 83.0 Å². The number of esters is 2. The molecule has 143 valence electrons. The molecule has 0 heterocycles. The summed E-state index contributed by atoms with van der Waals surface area (Å²) in [5.41, 5.74) is -2.09. The summed E-state index contributed by atoms with van der Waals surface area (Å²) in [4.78, 5) is 34.3. The first-order valence-corrected chi connectivity index (χ1v) is 8.50. The molecule has 0 saturated carbocycles. The summed E-state index contributed by atoms with van der Waals surface area (Å²) >= 11 is 0. The van der Waals surface area contributed by atoms with E-state index in [0.29, 0.717) is 0 Å². The molecule has 3 atom stereocenters. The number of hydrogen-bond donors (Lipinski definition) is 2. The number of hydrogen-bond acceptors (Lipinski definition) is 7. The van der Waals surface area contributed by atoms with E-state index in [1.807, 2.05) is 0 Å². The first-order valence-electron chi connectivity index (χ1n) is 7.00. The topological polar surface area (TPSA) is 144 Å². The summed E-state index contributed by atoms with van der Waals surface area (Å²) in [7, 11) is -4.89. The Balaban J connectivity index is 0. The van der Waals surface area contributed by atoms with Crippen molar-refractivity contribution in [3.05, 3.63) is 32.2 Å². The predicted octanol–water partition coefficient (Wildman–Crippen LogP) is 0.125. The third-order valence-electron chi connectivity index (χ3n) is 3.85. The van der Waals surface area contributed by atoms with Gasteiger partial charge < -0.3 is 14.6 Å². The summed E-state index contributed by atoms with van der Waals surface area (Å²) in [6.07, 6.45) is -2.21. The number of carboxylic acids is 1. The Morgan fingerprint density at radius 2 is 1.42 bits per heavy atom. The van der Waals surface area contributed by atoms with E-state index in [1.54, 1.807) is 0 Å². The molecule has 0 aromatic carbocycles. The normalized spacial score (nSPS) is 16.6. The molecule has 9 nitrogen and oxygen atoms in total. The van der Waals surface area contributed by atoms with Crippen molar-refractivity contribution >= 4 is 57.6 Å². The zero-order valence-electron chi connectivity index (χ0n) is 13.9. The van der Waals surface area contributed by atoms with Crippen LogP contribution in [0.3, 0.4) is 0 Å². The van der Waals surface area contributed by atoms with Crippen LogP contribution in [0.25, 0.3) is 0 Å². The van der Waals surface area contributed by atoms with E-state index < -0.39 is 57.3 Å². The van der Waals surface area contributed by atoms with Crippen LogP contribution in [0.2, 0.25) is 0 Å². The Bertz CT molecular complexity index is 628. The van der Waals surface area contributed by atoms with Crippen molar-refractivity contribution in [1.29, 1.82) is 0 Å². The minimum atomic E-state index is -4.89. The molecule has 0 aliphatic rings. The first-order chi connectivity index (χ1) is 11.3. The molecule has 0 rings (SSSR count). The molecule has 0 saturated heterocycles. The van der Waals surface area contributed by atoms with E-state index in [0.717, 1.165) is 12.2 Å². The molecule has 0 aromatic rings. The molecule has 3 unspecified atom stereocenters. The number of carbonyl (C=O) groups excluding carboxylic acids is 2. The number of rotatable bonds is 10. The Labute approximate surface area is 174 Å². The molecule has 0 spiro atoms. The fourth-order valence-electron chi connectivity index (χ4n) is 2.46. The van der Waals surface area contributed by atoms with E-state index in [9.17, 15) is 32.5 Å². The molecule has 0 aliphatic carbocycles. The van der Waals surface area contributed by atoms with Crippen LogP contribution in [0.5, 0.6) is 0 Å². The molecule has 0 bridgehead atoms. The number of ether oxygens (including phenoxy) is 2. The van der Waals surface area contributed by atoms with Gasteiger partial charge in [-0.1, -0.05) is 13.2 Å². The predicted molar refractivity (Wildman–Crippen MR) is 94.0 cm³/mol. The van der Waals surface area contributed by atoms with E-state index in [-0.39, 0.29) is 29.6 Å². The van der Waals surface area contributed by atoms with E-state index in [4.69, 9.17) is 9.47 Å². The first kappa shape index (κ1) is 27.0. The standard InChI is InChI=1S/C15H21O9S.Na.H/c1-6-13(18)23-9(3)15(8-12(16)17,11(5)25(20,21)22)10(4)24-14(19)7-2;;/h6-7,9-11H,1-2,5,8H2,3-4H3,(H,16,17)(H,20,21,22);;. The molecule has 26 heavy (non-hydrogen) atoms. The van der Waals surface area contributed by atoms with Crippen LogP contribution in [0.4, 0.5) is 0 Å². The molecular weight excluding hydrogens is 379 g/mol. The van der Waals surface area contributed by atoms with Crippen molar-refractivity contribution in [2.24, 2.45) is 5.41 Å². The van der Waals surface area contributed by atoms with Gasteiger partial charge in [-0.2, -0.15) is 8.42 Å². The molecule has 1 radical (unpaired) electrons. The van der Waals surface area contributed by atoms with Gasteiger partial charge in [0, 0.05) is 12.2 Å². The van der Waals surface area contributed by atoms with Crippen molar-refractivity contribution < 1.29 is 41.9 Å². The van der Waals surface area contributed by atoms with Gasteiger partial charge in [0.1, 0.15) is 12.2 Å². The van der Waals surface area contributed by atoms with E-state index in [2.05, 4.69) is 20.1 Å². The van der Waals surface area contributed by atoms with Gasteiger partial charge in [0.2, 0.25) is 0 Å². The van der Waals surface area contributed by atoms with Gasteiger partial charge >= 0.3 is 47.5 Å². The Morgan fingerprint density at radius 3 is 1.65 bits per heavy atom. The van der Waals surface area contributed by atoms with Crippen molar-refractivity contribution in [1.82, 2.24) is 0 Å². The second kappa shape index (κ2) is 10.8. The maximum absolute atomic E-state index is 11.7. The van der Waals surface area contributed by atoms with Gasteiger partial charge in [0.05, 0.1) is 17.1 Å². The number of carboxylic acid groups (broad SMARTS) is 1. The maximum atomic E-state index is 11.7. The quantitative estimate of drug-likeness (QED) is 0.226. The van der Waals surface area contributed by atoms with Gasteiger partial charge in [-0.3, -0.25) is 9.35 Å². The summed E-state index contributed by atoms with van der Waals surface area (Å²) in [6.45, 7) is 12.1. The van der Waals surface area contributed by atoms with E-state index >= 15 is 0 Å². The second-order valence-electron chi connectivity index (χ2n) is 5.25. The van der Waals surface area contributed by atoms with Crippen LogP contribution in [0, 0.1) is 12.3 Å². The third-order valence-corrected chi connectivity index (χ3v) is 5.01. The Hall–Kier alpha value is -1.20. The van der Waals surface area contributed by atoms with Crippen LogP contribution in [0.15, 0.2) is 25.3 Å². The fraction of sp³-hybridized carbons (Fsp3) is 0.467. The number of aliphatic carboxylic acids is 1. The van der Waals surface area contributed by atoms with Crippen molar-refractivity contribution in [3.63, 3.8) is 0 Å². The third kappa shape index (κ3) is 6.84. The van der Waals surface area contributed by atoms with Crippen molar-refractivity contribution in [2.45, 2.75) is 37.7 Å². The SMILES string of the molecule is [CH2]C(C(CC(=O)O)(C(C)OC(=O)C=C)C(C)OC(=O)C=C)S(=O)(=O)O.[NaH]. The van der Waals surface area contributed by atoms with Crippen LogP contribution in [0.1, 0.15) is 20.3 Å². The van der Waals surface area contributed by atoms with Crippen LogP contribution >= 0.6 is 0 Å². The molecule has 0 aliphatic heterocycles.